The second-order valence-corrected chi connectivity index (χ2v) is 33.4. The van der Waals surface area contributed by atoms with Crippen LogP contribution in [0.15, 0.2) is 121 Å². The van der Waals surface area contributed by atoms with Gasteiger partial charge in [-0.1, -0.05) is 121 Å². The van der Waals surface area contributed by atoms with Gasteiger partial charge >= 0.3 is 34.2 Å². The molecule has 0 fully saturated rings. The minimum atomic E-state index is -3.24. The Kier molecular flexibility index (Phi) is 11.7. The first kappa shape index (κ1) is 35.0. The Morgan fingerprint density at radius 2 is 0.682 bits per heavy atom. The summed E-state index contributed by atoms with van der Waals surface area (Å²) in [5.74, 6) is 0. The second kappa shape index (κ2) is 14.7. The van der Waals surface area contributed by atoms with Crippen molar-refractivity contribution in [2.75, 3.05) is 0 Å². The largest absolute Gasteiger partial charge is 0.449 e. The zero-order valence-corrected chi connectivity index (χ0v) is 35.6. The fraction of sp³-hybridized carbons (Fsp3) is 0.226. The van der Waals surface area contributed by atoms with Gasteiger partial charge in [0.2, 0.25) is 0 Å². The van der Waals surface area contributed by atoms with Crippen molar-refractivity contribution in [3.8, 4) is 0 Å². The Bertz CT molecular complexity index is 1450. The molecule has 0 bridgehead atoms. The van der Waals surface area contributed by atoms with E-state index in [0.29, 0.717) is 10.5 Å². The summed E-state index contributed by atoms with van der Waals surface area (Å²) < 4.78 is 41.8. The van der Waals surface area contributed by atoms with Crippen molar-refractivity contribution in [1.82, 2.24) is 0 Å². The van der Waals surface area contributed by atoms with E-state index in [1.165, 1.54) is 0 Å². The summed E-state index contributed by atoms with van der Waals surface area (Å²) in [7, 11) is -15.1. The van der Waals surface area contributed by atoms with Crippen molar-refractivity contribution in [3.05, 3.63) is 121 Å². The average Bonchev–Trinajstić information content (AvgIpc) is 3.01. The number of hydrogen-bond acceptors (Lipinski definition) is 6. The van der Waals surface area contributed by atoms with Gasteiger partial charge in [-0.2, -0.15) is 0 Å². The van der Waals surface area contributed by atoms with Gasteiger partial charge in [0, 0.05) is 0 Å². The Morgan fingerprint density at radius 3 is 0.977 bits per heavy atom. The van der Waals surface area contributed by atoms with Crippen LogP contribution < -0.4 is 20.7 Å². The zero-order valence-electron chi connectivity index (χ0n) is 27.2. The van der Waals surface area contributed by atoms with Crippen LogP contribution >= 0.6 is 0 Å². The molecule has 13 heteroatoms. The molecule has 234 valence electrons. The first-order valence-corrected chi connectivity index (χ1v) is 29.6. The molecular weight excluding hydrogens is 665 g/mol. The molecule has 0 saturated heterocycles. The van der Waals surface area contributed by atoms with Crippen molar-refractivity contribution < 1.29 is 24.7 Å². The van der Waals surface area contributed by atoms with Gasteiger partial charge in [0.1, 0.15) is 10.5 Å². The lowest BCUT2D eigenvalue weighted by Gasteiger charge is -2.45. The molecule has 44 heavy (non-hydrogen) atoms. The molecule has 0 heterocycles. The fourth-order valence-corrected chi connectivity index (χ4v) is 31.0. The van der Waals surface area contributed by atoms with E-state index in [0.717, 1.165) is 20.7 Å². The Morgan fingerprint density at radius 1 is 0.409 bits per heavy atom. The molecule has 4 aromatic rings. The lowest BCUT2D eigenvalue weighted by atomic mass is 10.4. The van der Waals surface area contributed by atoms with Crippen molar-refractivity contribution in [2.45, 2.75) is 45.8 Å². The maximum Gasteiger partial charge on any atom is 0.352 e. The zero-order chi connectivity index (χ0) is 31.9. The highest BCUT2D eigenvalue weighted by Gasteiger charge is 2.55. The van der Waals surface area contributed by atoms with Gasteiger partial charge < -0.3 is 24.7 Å². The van der Waals surface area contributed by atoms with E-state index in [2.05, 4.69) is 119 Å². The topological polar surface area (TPSA) is 55.4 Å². The summed E-state index contributed by atoms with van der Waals surface area (Å²) in [6, 6.07) is 41.4. The average molecular weight is 711 g/mol. The molecule has 0 spiro atoms. The molecule has 4 atom stereocenters. The molecule has 0 aromatic heterocycles. The van der Waals surface area contributed by atoms with Gasteiger partial charge in [-0.3, -0.25) is 0 Å². The lowest BCUT2D eigenvalue weighted by Crippen LogP contribution is -2.72. The summed E-state index contributed by atoms with van der Waals surface area (Å²) in [6.45, 7) is 15.2. The number of benzene rings is 4. The van der Waals surface area contributed by atoms with Crippen LogP contribution in [0, 0.1) is 0 Å². The van der Waals surface area contributed by atoms with Gasteiger partial charge in [-0.25, -0.2) is 0 Å². The maximum absolute atomic E-state index is 7.57. The van der Waals surface area contributed by atoms with Crippen LogP contribution in [-0.4, -0.2) is 63.1 Å². The summed E-state index contributed by atoms with van der Waals surface area (Å²) in [5.41, 5.74) is 0. The van der Waals surface area contributed by atoms with Crippen molar-refractivity contribution in [1.29, 1.82) is 0 Å². The third-order valence-corrected chi connectivity index (χ3v) is 29.8. The standard InChI is InChI=1S/C31H46O6Si7/c1-40(2,3)34-42(5,29-22-14-9-15-23-29)36-44(7,31-26-18-11-19-27-31)37-43(6,30-24-16-10-17-25-30)35-41(4,33-39-32-38)28-20-12-8-13-21-28/h8-27H,39H2,1-7,38H3. The molecule has 4 aromatic carbocycles. The molecule has 0 amide bonds. The fourth-order valence-electron chi connectivity index (χ4n) is 5.42. The number of rotatable bonds is 15. The van der Waals surface area contributed by atoms with Crippen LogP contribution in [-0.2, 0) is 24.7 Å². The van der Waals surface area contributed by atoms with E-state index in [-0.39, 0.29) is 0 Å². The van der Waals surface area contributed by atoms with Crippen LogP contribution in [0.25, 0.3) is 0 Å². The van der Waals surface area contributed by atoms with Crippen LogP contribution in [0.5, 0.6) is 0 Å². The first-order chi connectivity index (χ1) is 20.8. The smallest absolute Gasteiger partial charge is 0.352 e. The quantitative estimate of drug-likeness (QED) is 0.177. The second-order valence-electron chi connectivity index (χ2n) is 12.3. The van der Waals surface area contributed by atoms with Gasteiger partial charge in [0.05, 0.1) is 0 Å². The highest BCUT2D eigenvalue weighted by atomic mass is 28.5. The van der Waals surface area contributed by atoms with Gasteiger partial charge in [0.15, 0.2) is 8.32 Å². The molecule has 6 nitrogen and oxygen atoms in total. The summed E-state index contributed by atoms with van der Waals surface area (Å²) >= 11 is 0. The summed E-state index contributed by atoms with van der Waals surface area (Å²) in [5, 5.41) is 4.21. The molecule has 0 radical (unpaired) electrons. The predicted octanol–water partition coefficient (Wildman–Crippen LogP) is 3.12. The SMILES string of the molecule is C[Si](C)(C)O[Si](C)(O[Si](C)(O[Si](C)(O[Si](C)(O[SiH2]O[SiH3])c1ccccc1)c1ccccc1)c1ccccc1)c1ccccc1. The lowest BCUT2D eigenvalue weighted by molar-refractivity contribution is 0.294. The molecular formula is C31H46O6Si7. The van der Waals surface area contributed by atoms with E-state index < -0.39 is 52.6 Å². The highest BCUT2D eigenvalue weighted by molar-refractivity contribution is 7.02. The van der Waals surface area contributed by atoms with Crippen LogP contribution in [0.3, 0.4) is 0 Å². The van der Waals surface area contributed by atoms with Crippen LogP contribution in [0.1, 0.15) is 0 Å². The number of hydrogen-bond donors (Lipinski definition) is 0. The van der Waals surface area contributed by atoms with Crippen LogP contribution in [0.4, 0.5) is 0 Å². The maximum atomic E-state index is 7.57. The van der Waals surface area contributed by atoms with Crippen molar-refractivity contribution in [3.63, 3.8) is 0 Å². The third-order valence-electron chi connectivity index (χ3n) is 7.31. The molecule has 4 unspecified atom stereocenters. The monoisotopic (exact) mass is 710 g/mol. The van der Waals surface area contributed by atoms with Crippen LogP contribution in [0.2, 0.25) is 45.8 Å². The highest BCUT2D eigenvalue weighted by Crippen LogP contribution is 2.27. The van der Waals surface area contributed by atoms with E-state index in [1.54, 1.807) is 0 Å². The van der Waals surface area contributed by atoms with E-state index >= 15 is 0 Å². The van der Waals surface area contributed by atoms with Gasteiger partial charge in [-0.05, 0) is 66.6 Å². The predicted molar refractivity (Wildman–Crippen MR) is 199 cm³/mol. The minimum absolute atomic E-state index is 0.632. The molecule has 0 aliphatic heterocycles. The normalized spacial score (nSPS) is 17.9. The summed E-state index contributed by atoms with van der Waals surface area (Å²) in [4.78, 5) is 0. The Balaban J connectivity index is 1.88. The van der Waals surface area contributed by atoms with Gasteiger partial charge in [-0.15, -0.1) is 0 Å². The Hall–Kier alpha value is -1.84. The van der Waals surface area contributed by atoms with Crippen molar-refractivity contribution >= 4 is 83.8 Å². The molecule has 4 rings (SSSR count). The van der Waals surface area contributed by atoms with Crippen molar-refractivity contribution in [2.24, 2.45) is 0 Å². The van der Waals surface area contributed by atoms with Gasteiger partial charge in [0.25, 0.3) is 10.0 Å². The molecule has 0 N–H and O–H groups in total. The van der Waals surface area contributed by atoms with E-state index in [4.69, 9.17) is 24.7 Å². The van der Waals surface area contributed by atoms with E-state index in [1.807, 2.05) is 48.5 Å². The van der Waals surface area contributed by atoms with E-state index in [9.17, 15) is 0 Å². The minimum Gasteiger partial charge on any atom is -0.449 e. The molecule has 0 aliphatic rings. The summed E-state index contributed by atoms with van der Waals surface area (Å²) in [6.07, 6.45) is 0. The Labute approximate surface area is 274 Å². The molecule has 0 saturated carbocycles. The third kappa shape index (κ3) is 8.90. The molecule has 0 aliphatic carbocycles. The first-order valence-electron chi connectivity index (χ1n) is 15.0.